The Hall–Kier alpha value is -0.840. The highest BCUT2D eigenvalue weighted by atomic mass is 32.2. The van der Waals surface area contributed by atoms with Gasteiger partial charge in [0.25, 0.3) is 0 Å². The first-order chi connectivity index (χ1) is 5.82. The molecular formula is C8H14N2O2S. The van der Waals surface area contributed by atoms with Crippen LogP contribution in [0.2, 0.25) is 0 Å². The van der Waals surface area contributed by atoms with E-state index in [2.05, 4.69) is 4.98 Å². The fourth-order valence-corrected chi connectivity index (χ4v) is 2.09. The van der Waals surface area contributed by atoms with Crippen LogP contribution >= 0.6 is 0 Å². The van der Waals surface area contributed by atoms with Crippen LogP contribution in [-0.2, 0) is 9.84 Å². The summed E-state index contributed by atoms with van der Waals surface area (Å²) in [7, 11) is -3.21. The van der Waals surface area contributed by atoms with Gasteiger partial charge in [0.05, 0.1) is 5.69 Å². The minimum Gasteiger partial charge on any atom is -0.319 e. The van der Waals surface area contributed by atoms with Crippen molar-refractivity contribution in [2.45, 2.75) is 32.0 Å². The zero-order chi connectivity index (χ0) is 10.2. The van der Waals surface area contributed by atoms with Crippen LogP contribution in [0.3, 0.4) is 0 Å². The highest BCUT2D eigenvalue weighted by Crippen LogP contribution is 2.14. The maximum atomic E-state index is 11.3. The van der Waals surface area contributed by atoms with E-state index in [-0.39, 0.29) is 11.2 Å². The third kappa shape index (κ3) is 2.09. The first kappa shape index (κ1) is 10.2. The van der Waals surface area contributed by atoms with Crippen molar-refractivity contribution in [1.29, 1.82) is 0 Å². The first-order valence-corrected chi connectivity index (χ1v) is 5.97. The van der Waals surface area contributed by atoms with Crippen molar-refractivity contribution in [3.63, 3.8) is 0 Å². The molecule has 4 nitrogen and oxygen atoms in total. The summed E-state index contributed by atoms with van der Waals surface area (Å²) in [5, 5.41) is 0.153. The molecule has 5 heteroatoms. The Labute approximate surface area is 78.5 Å². The molecule has 0 unspecified atom stereocenters. The quantitative estimate of drug-likeness (QED) is 0.723. The Kier molecular flexibility index (Phi) is 2.47. The predicted molar refractivity (Wildman–Crippen MR) is 50.5 cm³/mol. The second kappa shape index (κ2) is 3.14. The molecule has 0 bridgehead atoms. The Bertz CT molecular complexity index is 404. The second-order valence-corrected chi connectivity index (χ2v) is 5.35. The van der Waals surface area contributed by atoms with Crippen molar-refractivity contribution in [3.8, 4) is 0 Å². The number of sulfone groups is 1. The SMILES string of the molecule is Cc1cn(C(C)C)c(S(C)(=O)=O)n1. The minimum atomic E-state index is -3.21. The summed E-state index contributed by atoms with van der Waals surface area (Å²) in [5.41, 5.74) is 0.731. The van der Waals surface area contributed by atoms with Gasteiger partial charge in [-0.15, -0.1) is 0 Å². The van der Waals surface area contributed by atoms with Crippen molar-refractivity contribution >= 4 is 9.84 Å². The highest BCUT2D eigenvalue weighted by Gasteiger charge is 2.17. The molecule has 0 aliphatic heterocycles. The van der Waals surface area contributed by atoms with Crippen LogP contribution in [0.4, 0.5) is 0 Å². The molecule has 0 aromatic carbocycles. The van der Waals surface area contributed by atoms with Gasteiger partial charge in [0.2, 0.25) is 15.0 Å². The third-order valence-electron chi connectivity index (χ3n) is 1.71. The lowest BCUT2D eigenvalue weighted by Gasteiger charge is -2.08. The van der Waals surface area contributed by atoms with Crippen LogP contribution in [0.1, 0.15) is 25.6 Å². The van der Waals surface area contributed by atoms with Gasteiger partial charge in [-0.3, -0.25) is 0 Å². The molecule has 1 rings (SSSR count). The monoisotopic (exact) mass is 202 g/mol. The van der Waals surface area contributed by atoms with Crippen molar-refractivity contribution in [2.75, 3.05) is 6.26 Å². The predicted octanol–water partition coefficient (Wildman–Crippen LogP) is 1.18. The van der Waals surface area contributed by atoms with Gasteiger partial charge in [0.1, 0.15) is 0 Å². The normalized spacial score (nSPS) is 12.4. The van der Waals surface area contributed by atoms with Crippen LogP contribution in [-0.4, -0.2) is 24.2 Å². The fraction of sp³-hybridized carbons (Fsp3) is 0.625. The van der Waals surface area contributed by atoms with Gasteiger partial charge < -0.3 is 4.57 Å². The number of imidazole rings is 1. The first-order valence-electron chi connectivity index (χ1n) is 4.08. The molecule has 0 aliphatic rings. The summed E-state index contributed by atoms with van der Waals surface area (Å²) in [6.07, 6.45) is 2.93. The minimum absolute atomic E-state index is 0.117. The Morgan fingerprint density at radius 1 is 1.46 bits per heavy atom. The summed E-state index contributed by atoms with van der Waals surface area (Å²) in [5.74, 6) is 0. The van der Waals surface area contributed by atoms with E-state index in [0.717, 1.165) is 5.69 Å². The summed E-state index contributed by atoms with van der Waals surface area (Å²) >= 11 is 0. The van der Waals surface area contributed by atoms with Gasteiger partial charge in [0, 0.05) is 18.5 Å². The summed E-state index contributed by atoms with van der Waals surface area (Å²) in [6, 6.07) is 0.117. The Balaban J connectivity index is 3.37. The molecule has 1 aromatic heterocycles. The van der Waals surface area contributed by atoms with Gasteiger partial charge in [0.15, 0.2) is 0 Å². The van der Waals surface area contributed by atoms with Crippen LogP contribution in [0.15, 0.2) is 11.4 Å². The standard InChI is InChI=1S/C8H14N2O2S/c1-6(2)10-5-7(3)9-8(10)13(4,11)12/h5-6H,1-4H3. The molecule has 0 N–H and O–H groups in total. The van der Waals surface area contributed by atoms with Gasteiger partial charge in [-0.1, -0.05) is 0 Å². The molecule has 0 saturated carbocycles. The molecular weight excluding hydrogens is 188 g/mol. The molecule has 0 saturated heterocycles. The zero-order valence-corrected chi connectivity index (χ0v) is 9.09. The summed E-state index contributed by atoms with van der Waals surface area (Å²) in [4.78, 5) is 3.98. The van der Waals surface area contributed by atoms with E-state index >= 15 is 0 Å². The lowest BCUT2D eigenvalue weighted by molar-refractivity contribution is 0.523. The highest BCUT2D eigenvalue weighted by molar-refractivity contribution is 7.90. The van der Waals surface area contributed by atoms with Gasteiger partial charge in [-0.2, -0.15) is 0 Å². The topological polar surface area (TPSA) is 52.0 Å². The van der Waals surface area contributed by atoms with Crippen molar-refractivity contribution in [3.05, 3.63) is 11.9 Å². The largest absolute Gasteiger partial charge is 0.319 e. The molecule has 74 valence electrons. The molecule has 0 spiro atoms. The van der Waals surface area contributed by atoms with E-state index in [4.69, 9.17) is 0 Å². The average Bonchev–Trinajstić information content (AvgIpc) is 2.29. The summed E-state index contributed by atoms with van der Waals surface area (Å²) < 4.78 is 24.2. The molecule has 0 amide bonds. The van der Waals surface area contributed by atoms with E-state index in [9.17, 15) is 8.42 Å². The van der Waals surface area contributed by atoms with E-state index < -0.39 is 9.84 Å². The number of aryl methyl sites for hydroxylation is 1. The Morgan fingerprint density at radius 3 is 2.31 bits per heavy atom. The van der Waals surface area contributed by atoms with E-state index in [1.54, 1.807) is 17.7 Å². The number of hydrogen-bond acceptors (Lipinski definition) is 3. The van der Waals surface area contributed by atoms with Crippen molar-refractivity contribution in [1.82, 2.24) is 9.55 Å². The molecule has 1 heterocycles. The van der Waals surface area contributed by atoms with E-state index in [1.165, 1.54) is 6.26 Å². The summed E-state index contributed by atoms with van der Waals surface area (Å²) in [6.45, 7) is 5.64. The number of rotatable bonds is 2. The van der Waals surface area contributed by atoms with E-state index in [1.807, 2.05) is 13.8 Å². The second-order valence-electron chi connectivity index (χ2n) is 3.44. The Morgan fingerprint density at radius 2 is 2.00 bits per heavy atom. The smallest absolute Gasteiger partial charge is 0.227 e. The molecule has 13 heavy (non-hydrogen) atoms. The molecule has 0 fully saturated rings. The maximum absolute atomic E-state index is 11.3. The van der Waals surface area contributed by atoms with E-state index in [0.29, 0.717) is 0 Å². The van der Waals surface area contributed by atoms with Crippen molar-refractivity contribution in [2.24, 2.45) is 0 Å². The molecule has 0 aliphatic carbocycles. The van der Waals surface area contributed by atoms with Gasteiger partial charge in [-0.05, 0) is 20.8 Å². The number of aromatic nitrogens is 2. The van der Waals surface area contributed by atoms with Crippen LogP contribution < -0.4 is 0 Å². The number of hydrogen-bond donors (Lipinski definition) is 0. The van der Waals surface area contributed by atoms with Gasteiger partial charge >= 0.3 is 0 Å². The van der Waals surface area contributed by atoms with Crippen LogP contribution in [0.25, 0.3) is 0 Å². The molecule has 0 radical (unpaired) electrons. The van der Waals surface area contributed by atoms with Gasteiger partial charge in [-0.25, -0.2) is 13.4 Å². The third-order valence-corrected chi connectivity index (χ3v) is 2.67. The fourth-order valence-electron chi connectivity index (χ4n) is 1.14. The maximum Gasteiger partial charge on any atom is 0.227 e. The van der Waals surface area contributed by atoms with Crippen molar-refractivity contribution < 1.29 is 8.42 Å². The zero-order valence-electron chi connectivity index (χ0n) is 8.27. The molecule has 1 aromatic rings. The average molecular weight is 202 g/mol. The lowest BCUT2D eigenvalue weighted by Crippen LogP contribution is -2.10. The lowest BCUT2D eigenvalue weighted by atomic mass is 10.4. The van der Waals surface area contributed by atoms with Crippen LogP contribution in [0, 0.1) is 6.92 Å². The van der Waals surface area contributed by atoms with Crippen LogP contribution in [0.5, 0.6) is 0 Å². The molecule has 0 atom stereocenters. The number of nitrogens with zero attached hydrogens (tertiary/aromatic N) is 2.